The van der Waals surface area contributed by atoms with Crippen molar-refractivity contribution in [1.82, 2.24) is 9.88 Å². The van der Waals surface area contributed by atoms with Crippen molar-refractivity contribution >= 4 is 11.8 Å². The molecule has 0 bridgehead atoms. The van der Waals surface area contributed by atoms with Crippen molar-refractivity contribution in [1.29, 1.82) is 0 Å². The summed E-state index contributed by atoms with van der Waals surface area (Å²) in [6.07, 6.45) is 2.54. The molecule has 2 N–H and O–H groups in total. The quantitative estimate of drug-likeness (QED) is 0.802. The average molecular weight is 247 g/mol. The third kappa shape index (κ3) is 2.73. The fourth-order valence-electron chi connectivity index (χ4n) is 2.12. The Hall–Kier alpha value is -1.75. The normalized spacial score (nSPS) is 17.3. The summed E-state index contributed by atoms with van der Waals surface area (Å²) in [5.74, 6) is -0.0342. The number of nitrogens with two attached hydrogens (primary N) is 1. The van der Waals surface area contributed by atoms with Crippen LogP contribution in [-0.4, -0.2) is 21.7 Å². The molecule has 0 aliphatic carbocycles. The highest BCUT2D eigenvalue weighted by atomic mass is 16.2. The van der Waals surface area contributed by atoms with E-state index in [0.717, 1.165) is 11.3 Å². The SMILES string of the molecule is CC1CC(=O)N(Cc2ccnc(CN)c2)C(=O)C1. The Kier molecular flexibility index (Phi) is 3.72. The zero-order valence-corrected chi connectivity index (χ0v) is 10.4. The van der Waals surface area contributed by atoms with Crippen LogP contribution in [0.1, 0.15) is 31.0 Å². The molecule has 1 aromatic heterocycles. The summed E-state index contributed by atoms with van der Waals surface area (Å²) < 4.78 is 0. The third-order valence-corrected chi connectivity index (χ3v) is 3.08. The Morgan fingerprint density at radius 1 is 1.39 bits per heavy atom. The van der Waals surface area contributed by atoms with Gasteiger partial charge < -0.3 is 5.73 Å². The van der Waals surface area contributed by atoms with Crippen LogP contribution in [0.15, 0.2) is 18.3 Å². The van der Waals surface area contributed by atoms with Crippen LogP contribution >= 0.6 is 0 Å². The third-order valence-electron chi connectivity index (χ3n) is 3.08. The van der Waals surface area contributed by atoms with Crippen LogP contribution in [0.5, 0.6) is 0 Å². The highest BCUT2D eigenvalue weighted by Crippen LogP contribution is 2.20. The number of nitrogens with zero attached hydrogens (tertiary/aromatic N) is 2. The topological polar surface area (TPSA) is 76.3 Å². The molecule has 1 aliphatic heterocycles. The fraction of sp³-hybridized carbons (Fsp3) is 0.462. The molecule has 1 aliphatic rings. The first kappa shape index (κ1) is 12.7. The second-order valence-electron chi connectivity index (χ2n) is 4.75. The highest BCUT2D eigenvalue weighted by molar-refractivity contribution is 5.97. The van der Waals surface area contributed by atoms with Gasteiger partial charge in [0, 0.05) is 25.6 Å². The lowest BCUT2D eigenvalue weighted by atomic mass is 9.97. The predicted octanol–water partition coefficient (Wildman–Crippen LogP) is 0.825. The van der Waals surface area contributed by atoms with Gasteiger partial charge in [-0.25, -0.2) is 0 Å². The molecule has 0 spiro atoms. The Bertz CT molecular complexity index is 455. The number of piperidine rings is 1. The van der Waals surface area contributed by atoms with Crippen LogP contribution in [-0.2, 0) is 22.7 Å². The molecule has 0 saturated carbocycles. The van der Waals surface area contributed by atoms with Crippen molar-refractivity contribution in [2.45, 2.75) is 32.9 Å². The zero-order valence-electron chi connectivity index (χ0n) is 10.4. The summed E-state index contributed by atoms with van der Waals surface area (Å²) in [7, 11) is 0. The maximum Gasteiger partial charge on any atom is 0.229 e. The molecule has 1 aromatic rings. The number of imide groups is 1. The first-order valence-corrected chi connectivity index (χ1v) is 6.07. The minimum absolute atomic E-state index is 0.0927. The predicted molar refractivity (Wildman–Crippen MR) is 66.1 cm³/mol. The van der Waals surface area contributed by atoms with E-state index in [1.165, 1.54) is 4.90 Å². The first-order chi connectivity index (χ1) is 8.60. The summed E-state index contributed by atoms with van der Waals surface area (Å²) in [4.78, 5) is 29.1. The summed E-state index contributed by atoms with van der Waals surface area (Å²) in [5, 5.41) is 0. The van der Waals surface area contributed by atoms with E-state index in [-0.39, 0.29) is 17.7 Å². The van der Waals surface area contributed by atoms with Crippen molar-refractivity contribution in [3.63, 3.8) is 0 Å². The van der Waals surface area contributed by atoms with Gasteiger partial charge in [0.1, 0.15) is 0 Å². The van der Waals surface area contributed by atoms with Crippen LogP contribution in [0.2, 0.25) is 0 Å². The van der Waals surface area contributed by atoms with Gasteiger partial charge in [0.25, 0.3) is 0 Å². The van der Waals surface area contributed by atoms with Gasteiger partial charge in [-0.3, -0.25) is 19.5 Å². The van der Waals surface area contributed by atoms with Crippen LogP contribution in [0.3, 0.4) is 0 Å². The molecular formula is C13H17N3O2. The molecule has 1 saturated heterocycles. The molecule has 0 atom stereocenters. The number of rotatable bonds is 3. The Labute approximate surface area is 106 Å². The number of aromatic nitrogens is 1. The van der Waals surface area contributed by atoms with Gasteiger partial charge in [-0.1, -0.05) is 6.92 Å². The molecule has 5 heteroatoms. The van der Waals surface area contributed by atoms with E-state index < -0.39 is 0 Å². The van der Waals surface area contributed by atoms with E-state index in [1.807, 2.05) is 13.0 Å². The van der Waals surface area contributed by atoms with Crippen LogP contribution in [0, 0.1) is 5.92 Å². The molecule has 18 heavy (non-hydrogen) atoms. The monoisotopic (exact) mass is 247 g/mol. The van der Waals surface area contributed by atoms with Crippen molar-refractivity contribution in [2.75, 3.05) is 0 Å². The van der Waals surface area contributed by atoms with Crippen LogP contribution < -0.4 is 5.73 Å². The first-order valence-electron chi connectivity index (χ1n) is 6.07. The maximum absolute atomic E-state index is 11.8. The number of pyridine rings is 1. The number of carbonyl (C=O) groups is 2. The van der Waals surface area contributed by atoms with E-state index in [2.05, 4.69) is 4.98 Å². The van der Waals surface area contributed by atoms with E-state index in [0.29, 0.717) is 25.9 Å². The van der Waals surface area contributed by atoms with Gasteiger partial charge in [-0.2, -0.15) is 0 Å². The van der Waals surface area contributed by atoms with Gasteiger partial charge in [-0.05, 0) is 23.6 Å². The number of likely N-dealkylation sites (tertiary alicyclic amines) is 1. The molecule has 96 valence electrons. The number of hydrogen-bond acceptors (Lipinski definition) is 4. The molecular weight excluding hydrogens is 230 g/mol. The van der Waals surface area contributed by atoms with E-state index in [4.69, 9.17) is 5.73 Å². The molecule has 0 radical (unpaired) electrons. The molecule has 2 amide bonds. The van der Waals surface area contributed by atoms with Crippen LogP contribution in [0.4, 0.5) is 0 Å². The lowest BCUT2D eigenvalue weighted by Gasteiger charge is -2.28. The second-order valence-corrected chi connectivity index (χ2v) is 4.75. The number of hydrogen-bond donors (Lipinski definition) is 1. The smallest absolute Gasteiger partial charge is 0.229 e. The van der Waals surface area contributed by atoms with E-state index in [9.17, 15) is 9.59 Å². The van der Waals surface area contributed by atoms with Gasteiger partial charge in [-0.15, -0.1) is 0 Å². The Morgan fingerprint density at radius 3 is 2.67 bits per heavy atom. The highest BCUT2D eigenvalue weighted by Gasteiger charge is 2.30. The van der Waals surface area contributed by atoms with Crippen molar-refractivity contribution < 1.29 is 9.59 Å². The molecule has 0 aromatic carbocycles. The zero-order chi connectivity index (χ0) is 13.1. The molecule has 2 rings (SSSR count). The van der Waals surface area contributed by atoms with Crippen molar-refractivity contribution in [3.8, 4) is 0 Å². The maximum atomic E-state index is 11.8. The van der Waals surface area contributed by atoms with Gasteiger partial charge in [0.05, 0.1) is 12.2 Å². The van der Waals surface area contributed by atoms with Crippen molar-refractivity contribution in [2.24, 2.45) is 11.7 Å². The van der Waals surface area contributed by atoms with Gasteiger partial charge >= 0.3 is 0 Å². The van der Waals surface area contributed by atoms with E-state index in [1.54, 1.807) is 12.3 Å². The molecule has 5 nitrogen and oxygen atoms in total. The summed E-state index contributed by atoms with van der Waals surface area (Å²) >= 11 is 0. The minimum atomic E-state index is -0.0927. The lowest BCUT2D eigenvalue weighted by molar-refractivity contribution is -0.150. The molecule has 2 heterocycles. The minimum Gasteiger partial charge on any atom is -0.325 e. The van der Waals surface area contributed by atoms with E-state index >= 15 is 0 Å². The van der Waals surface area contributed by atoms with Crippen LogP contribution in [0.25, 0.3) is 0 Å². The second kappa shape index (κ2) is 5.27. The Balaban J connectivity index is 2.12. The lowest BCUT2D eigenvalue weighted by Crippen LogP contribution is -2.42. The average Bonchev–Trinajstić information content (AvgIpc) is 2.34. The Morgan fingerprint density at radius 2 is 2.06 bits per heavy atom. The standard InChI is InChI=1S/C13H17N3O2/c1-9-4-12(17)16(13(18)5-9)8-10-2-3-15-11(6-10)7-14/h2-3,6,9H,4-5,7-8,14H2,1H3. The summed E-state index contributed by atoms with van der Waals surface area (Å²) in [6.45, 7) is 2.60. The molecule has 1 fully saturated rings. The fourth-order valence-corrected chi connectivity index (χ4v) is 2.12. The summed E-state index contributed by atoms with van der Waals surface area (Å²) in [6, 6.07) is 3.64. The van der Waals surface area contributed by atoms with Gasteiger partial charge in [0.15, 0.2) is 0 Å². The number of amides is 2. The summed E-state index contributed by atoms with van der Waals surface area (Å²) in [5.41, 5.74) is 7.17. The molecule has 0 unspecified atom stereocenters. The van der Waals surface area contributed by atoms with Gasteiger partial charge in [0.2, 0.25) is 11.8 Å². The largest absolute Gasteiger partial charge is 0.325 e. The number of carbonyl (C=O) groups excluding carboxylic acids is 2. The van der Waals surface area contributed by atoms with Crippen molar-refractivity contribution in [3.05, 3.63) is 29.6 Å².